The van der Waals surface area contributed by atoms with E-state index in [1.807, 2.05) is 0 Å². The summed E-state index contributed by atoms with van der Waals surface area (Å²) in [5, 5.41) is 0. The Morgan fingerprint density at radius 1 is 1.35 bits per heavy atom. The molecule has 0 saturated carbocycles. The summed E-state index contributed by atoms with van der Waals surface area (Å²) in [4.78, 5) is -0.00109. The molecule has 0 bridgehead atoms. The Hall–Kier alpha value is -1.02. The Kier molecular flexibility index (Phi) is 5.09. The molecule has 0 amide bonds. The zero-order valence-corrected chi connectivity index (χ0v) is 12.0. The molecule has 1 aromatic rings. The van der Waals surface area contributed by atoms with Gasteiger partial charge in [0, 0.05) is 19.6 Å². The molecule has 20 heavy (non-hydrogen) atoms. The molecule has 1 aliphatic heterocycles. The average molecular weight is 302 g/mol. The van der Waals surface area contributed by atoms with Crippen molar-refractivity contribution in [3.63, 3.8) is 0 Å². The highest BCUT2D eigenvalue weighted by Gasteiger charge is 2.29. The van der Waals surface area contributed by atoms with Crippen LogP contribution >= 0.6 is 0 Å². The summed E-state index contributed by atoms with van der Waals surface area (Å²) in [6.45, 7) is 1.71. The maximum Gasteiger partial charge on any atom is 0.243 e. The van der Waals surface area contributed by atoms with Crippen molar-refractivity contribution in [2.75, 3.05) is 26.2 Å². The molecule has 2 N–H and O–H groups in total. The normalized spacial score (nSPS) is 18.3. The Bertz CT molecular complexity index is 542. The second-order valence-electron chi connectivity index (χ2n) is 4.72. The molecule has 0 atom stereocenters. The number of ether oxygens (including phenoxy) is 1. The molecule has 1 heterocycles. The fraction of sp³-hybridized carbons (Fsp3) is 0.538. The summed E-state index contributed by atoms with van der Waals surface area (Å²) in [5.41, 5.74) is 5.37. The first kappa shape index (κ1) is 15.4. The van der Waals surface area contributed by atoms with Crippen molar-refractivity contribution in [3.05, 3.63) is 30.1 Å². The summed E-state index contributed by atoms with van der Waals surface area (Å²) < 4.78 is 44.8. The molecular formula is C13H19FN2O3S. The minimum Gasteiger partial charge on any atom is -0.377 e. The third-order valence-corrected chi connectivity index (χ3v) is 5.20. The maximum absolute atomic E-state index is 13.2. The molecule has 112 valence electrons. The highest BCUT2D eigenvalue weighted by Crippen LogP contribution is 2.22. The fourth-order valence-electron chi connectivity index (χ4n) is 2.25. The first-order valence-corrected chi connectivity index (χ1v) is 8.05. The molecule has 7 heteroatoms. The van der Waals surface area contributed by atoms with Gasteiger partial charge < -0.3 is 10.5 Å². The smallest absolute Gasteiger partial charge is 0.243 e. The van der Waals surface area contributed by atoms with E-state index < -0.39 is 15.8 Å². The summed E-state index contributed by atoms with van der Waals surface area (Å²) in [5.74, 6) is -0.549. The van der Waals surface area contributed by atoms with Gasteiger partial charge in [-0.3, -0.25) is 0 Å². The highest BCUT2D eigenvalue weighted by molar-refractivity contribution is 7.89. The standard InChI is InChI=1S/C13H19FN2O3S/c14-11-2-1-3-13(10-11)20(17,18)16-7-4-12(5-8-16)19-9-6-15/h1-3,10,12H,4-9,15H2. The van der Waals surface area contributed by atoms with E-state index in [0.29, 0.717) is 39.1 Å². The van der Waals surface area contributed by atoms with Crippen molar-refractivity contribution in [2.45, 2.75) is 23.8 Å². The van der Waals surface area contributed by atoms with Crippen LogP contribution in [0.5, 0.6) is 0 Å². The van der Waals surface area contributed by atoms with Crippen LogP contribution in [0, 0.1) is 5.82 Å². The first-order chi connectivity index (χ1) is 9.54. The number of hydrogen-bond acceptors (Lipinski definition) is 4. The van der Waals surface area contributed by atoms with Crippen LogP contribution in [0.3, 0.4) is 0 Å². The van der Waals surface area contributed by atoms with Crippen molar-refractivity contribution in [1.29, 1.82) is 0 Å². The van der Waals surface area contributed by atoms with Crippen molar-refractivity contribution in [3.8, 4) is 0 Å². The third-order valence-electron chi connectivity index (χ3n) is 3.31. The van der Waals surface area contributed by atoms with Gasteiger partial charge in [0.2, 0.25) is 10.0 Å². The van der Waals surface area contributed by atoms with Gasteiger partial charge in [-0.05, 0) is 31.0 Å². The van der Waals surface area contributed by atoms with Gasteiger partial charge in [0.1, 0.15) is 5.82 Å². The van der Waals surface area contributed by atoms with Gasteiger partial charge in [-0.1, -0.05) is 6.07 Å². The van der Waals surface area contributed by atoms with Crippen molar-refractivity contribution < 1.29 is 17.5 Å². The molecule has 1 saturated heterocycles. The molecule has 0 aromatic heterocycles. The Morgan fingerprint density at radius 2 is 2.05 bits per heavy atom. The predicted octanol–water partition coefficient (Wildman–Crippen LogP) is 0.954. The van der Waals surface area contributed by atoms with Gasteiger partial charge in [0.15, 0.2) is 0 Å². The largest absolute Gasteiger partial charge is 0.377 e. The number of rotatable bonds is 5. The van der Waals surface area contributed by atoms with Crippen LogP contribution in [0.15, 0.2) is 29.2 Å². The Balaban J connectivity index is 2.02. The van der Waals surface area contributed by atoms with Crippen LogP contribution in [-0.2, 0) is 14.8 Å². The number of hydrogen-bond donors (Lipinski definition) is 1. The SMILES string of the molecule is NCCOC1CCN(S(=O)(=O)c2cccc(F)c2)CC1. The number of halogens is 1. The summed E-state index contributed by atoms with van der Waals surface area (Å²) >= 11 is 0. The summed E-state index contributed by atoms with van der Waals surface area (Å²) in [6.07, 6.45) is 1.32. The maximum atomic E-state index is 13.2. The average Bonchev–Trinajstić information content (AvgIpc) is 2.45. The molecule has 1 aliphatic rings. The summed E-state index contributed by atoms with van der Waals surface area (Å²) in [6, 6.07) is 5.09. The van der Waals surface area contributed by atoms with Gasteiger partial charge >= 0.3 is 0 Å². The quantitative estimate of drug-likeness (QED) is 0.879. The van der Waals surface area contributed by atoms with Crippen molar-refractivity contribution in [1.82, 2.24) is 4.31 Å². The Labute approximate surface area is 118 Å². The lowest BCUT2D eigenvalue weighted by molar-refractivity contribution is 0.0257. The predicted molar refractivity (Wildman–Crippen MR) is 73.2 cm³/mol. The van der Waals surface area contributed by atoms with Crippen LogP contribution < -0.4 is 5.73 Å². The molecule has 0 aliphatic carbocycles. The minimum absolute atomic E-state index is 0.00109. The number of nitrogens with zero attached hydrogens (tertiary/aromatic N) is 1. The molecular weight excluding hydrogens is 283 g/mol. The van der Waals surface area contributed by atoms with E-state index in [0.717, 1.165) is 6.07 Å². The zero-order chi connectivity index (χ0) is 14.6. The molecule has 2 rings (SSSR count). The van der Waals surface area contributed by atoms with E-state index in [2.05, 4.69) is 0 Å². The number of piperidine rings is 1. The molecule has 5 nitrogen and oxygen atoms in total. The fourth-order valence-corrected chi connectivity index (χ4v) is 3.75. The van der Waals surface area contributed by atoms with Crippen molar-refractivity contribution in [2.24, 2.45) is 5.73 Å². The van der Waals surface area contributed by atoms with E-state index in [1.54, 1.807) is 0 Å². The second kappa shape index (κ2) is 6.62. The third kappa shape index (κ3) is 3.54. The van der Waals surface area contributed by atoms with Gasteiger partial charge in [0.25, 0.3) is 0 Å². The van der Waals surface area contributed by atoms with Crippen LogP contribution in [-0.4, -0.2) is 45.1 Å². The molecule has 1 aromatic carbocycles. The number of benzene rings is 1. The monoisotopic (exact) mass is 302 g/mol. The lowest BCUT2D eigenvalue weighted by Crippen LogP contribution is -2.41. The zero-order valence-electron chi connectivity index (χ0n) is 11.2. The van der Waals surface area contributed by atoms with Crippen molar-refractivity contribution >= 4 is 10.0 Å². The van der Waals surface area contributed by atoms with Gasteiger partial charge in [0.05, 0.1) is 17.6 Å². The van der Waals surface area contributed by atoms with Crippen LogP contribution in [0.1, 0.15) is 12.8 Å². The van der Waals surface area contributed by atoms with Gasteiger partial charge in [-0.2, -0.15) is 4.31 Å². The molecule has 0 radical (unpaired) electrons. The topological polar surface area (TPSA) is 72.6 Å². The Morgan fingerprint density at radius 3 is 2.65 bits per heavy atom. The lowest BCUT2D eigenvalue weighted by Gasteiger charge is -2.31. The van der Waals surface area contributed by atoms with Gasteiger partial charge in [-0.25, -0.2) is 12.8 Å². The van der Waals surface area contributed by atoms with E-state index >= 15 is 0 Å². The van der Waals surface area contributed by atoms with E-state index in [9.17, 15) is 12.8 Å². The van der Waals surface area contributed by atoms with E-state index in [1.165, 1.54) is 22.5 Å². The highest BCUT2D eigenvalue weighted by atomic mass is 32.2. The lowest BCUT2D eigenvalue weighted by atomic mass is 10.1. The minimum atomic E-state index is -3.62. The van der Waals surface area contributed by atoms with Crippen LogP contribution in [0.25, 0.3) is 0 Å². The van der Waals surface area contributed by atoms with E-state index in [-0.39, 0.29) is 11.0 Å². The van der Waals surface area contributed by atoms with E-state index in [4.69, 9.17) is 10.5 Å². The molecule has 1 fully saturated rings. The van der Waals surface area contributed by atoms with Gasteiger partial charge in [-0.15, -0.1) is 0 Å². The van der Waals surface area contributed by atoms with Crippen LogP contribution in [0.4, 0.5) is 4.39 Å². The van der Waals surface area contributed by atoms with Crippen LogP contribution in [0.2, 0.25) is 0 Å². The number of nitrogens with two attached hydrogens (primary N) is 1. The first-order valence-electron chi connectivity index (χ1n) is 6.61. The molecule has 0 unspecified atom stereocenters. The second-order valence-corrected chi connectivity index (χ2v) is 6.66. The summed E-state index contributed by atoms with van der Waals surface area (Å²) in [7, 11) is -3.62. The molecule has 0 spiro atoms. The number of sulfonamides is 1.